The Labute approximate surface area is 74.0 Å². The summed E-state index contributed by atoms with van der Waals surface area (Å²) in [4.78, 5) is 0. The van der Waals surface area contributed by atoms with Crippen molar-refractivity contribution < 1.29 is 17.0 Å². The van der Waals surface area contributed by atoms with Gasteiger partial charge in [-0.3, -0.25) is 0 Å². The van der Waals surface area contributed by atoms with Crippen molar-refractivity contribution in [2.45, 2.75) is 6.54 Å². The van der Waals surface area contributed by atoms with Crippen molar-refractivity contribution in [2.75, 3.05) is 0 Å². The molecular formula is C7H11BrNP. The van der Waals surface area contributed by atoms with E-state index in [9.17, 15) is 0 Å². The van der Waals surface area contributed by atoms with E-state index in [-0.39, 0.29) is 17.0 Å². The van der Waals surface area contributed by atoms with Crippen LogP contribution in [-0.4, -0.2) is 0 Å². The van der Waals surface area contributed by atoms with E-state index in [1.54, 1.807) is 0 Å². The van der Waals surface area contributed by atoms with E-state index in [2.05, 4.69) is 24.3 Å². The van der Waals surface area contributed by atoms with Gasteiger partial charge in [-0.05, 0) is 17.7 Å². The second-order valence-corrected chi connectivity index (χ2v) is 2.84. The van der Waals surface area contributed by atoms with Gasteiger partial charge in [0.2, 0.25) is 0 Å². The maximum atomic E-state index is 5.40. The monoisotopic (exact) mass is 219 g/mol. The molecule has 1 nitrogen and oxygen atoms in total. The Morgan fingerprint density at radius 1 is 1.20 bits per heavy atom. The molecule has 0 radical (unpaired) electrons. The van der Waals surface area contributed by atoms with Crippen LogP contribution in [0.5, 0.6) is 0 Å². The van der Waals surface area contributed by atoms with Gasteiger partial charge in [0.25, 0.3) is 0 Å². The Hall–Kier alpha value is 0.0900. The molecule has 10 heavy (non-hydrogen) atoms. The summed E-state index contributed by atoms with van der Waals surface area (Å²) in [6.45, 7) is 0.642. The molecule has 0 amide bonds. The highest BCUT2D eigenvalue weighted by molar-refractivity contribution is 7.27. The van der Waals surface area contributed by atoms with Crippen molar-refractivity contribution in [3.05, 3.63) is 29.8 Å². The maximum Gasteiger partial charge on any atom is 0.0865 e. The molecule has 1 aromatic carbocycles. The summed E-state index contributed by atoms with van der Waals surface area (Å²) in [5.74, 6) is 0. The number of rotatable bonds is 1. The lowest BCUT2D eigenvalue weighted by Gasteiger charge is -1.92. The predicted octanol–water partition coefficient (Wildman–Crippen LogP) is -2.62. The van der Waals surface area contributed by atoms with Gasteiger partial charge >= 0.3 is 0 Å². The number of halogens is 1. The molecule has 0 aliphatic heterocycles. The summed E-state index contributed by atoms with van der Waals surface area (Å²) < 4.78 is 0. The molecular weight excluding hydrogens is 209 g/mol. The smallest absolute Gasteiger partial charge is 0.0865 e. The van der Waals surface area contributed by atoms with Gasteiger partial charge in [0.15, 0.2) is 0 Å². The summed E-state index contributed by atoms with van der Waals surface area (Å²) >= 11 is 0. The lowest BCUT2D eigenvalue weighted by molar-refractivity contribution is -0.00000180. The first kappa shape index (κ1) is 10.1. The van der Waals surface area contributed by atoms with Crippen LogP contribution in [-0.2, 0) is 6.54 Å². The Morgan fingerprint density at radius 2 is 1.70 bits per heavy atom. The highest BCUT2D eigenvalue weighted by atomic mass is 79.9. The van der Waals surface area contributed by atoms with E-state index >= 15 is 0 Å². The van der Waals surface area contributed by atoms with Crippen LogP contribution in [0.15, 0.2) is 24.3 Å². The highest BCUT2D eigenvalue weighted by Gasteiger charge is 1.88. The zero-order valence-corrected chi connectivity index (χ0v) is 8.68. The third-order valence-corrected chi connectivity index (χ3v) is 1.73. The van der Waals surface area contributed by atoms with Crippen molar-refractivity contribution >= 4 is 14.5 Å². The molecule has 0 saturated carbocycles. The third kappa shape index (κ3) is 2.78. The molecule has 0 bridgehead atoms. The molecule has 2 N–H and O–H groups in total. The number of benzene rings is 1. The molecule has 3 heteroatoms. The number of hydrogen-bond acceptors (Lipinski definition) is 1. The average Bonchev–Trinajstić information content (AvgIpc) is 1.90. The lowest BCUT2D eigenvalue weighted by Crippen LogP contribution is -3.00. The Balaban J connectivity index is 0.000000810. The van der Waals surface area contributed by atoms with E-state index in [4.69, 9.17) is 5.73 Å². The quantitative estimate of drug-likeness (QED) is 0.515. The first-order chi connectivity index (χ1) is 4.33. The van der Waals surface area contributed by atoms with Gasteiger partial charge in [0.05, 0.1) is 5.30 Å². The van der Waals surface area contributed by atoms with E-state index < -0.39 is 0 Å². The first-order valence-electron chi connectivity index (χ1n) is 2.94. The second-order valence-electron chi connectivity index (χ2n) is 2.02. The SMILES string of the molecule is NCc1ccc([PH3+])cc1.[Br-]. The highest BCUT2D eigenvalue weighted by Crippen LogP contribution is 1.96. The molecule has 0 aliphatic rings. The van der Waals surface area contributed by atoms with Gasteiger partial charge in [-0.15, -0.1) is 0 Å². The summed E-state index contributed by atoms with van der Waals surface area (Å²) in [6.07, 6.45) is 0. The number of nitrogens with two attached hydrogens (primary N) is 1. The summed E-state index contributed by atoms with van der Waals surface area (Å²) in [5.41, 5.74) is 6.60. The molecule has 0 aromatic heterocycles. The second kappa shape index (κ2) is 4.84. The van der Waals surface area contributed by atoms with Gasteiger partial charge < -0.3 is 22.7 Å². The summed E-state index contributed by atoms with van der Waals surface area (Å²) in [6, 6.07) is 8.28. The largest absolute Gasteiger partial charge is 1.00 e. The molecule has 0 fully saturated rings. The minimum absolute atomic E-state index is 0. The molecule has 1 aromatic rings. The minimum atomic E-state index is 0. The zero-order valence-electron chi connectivity index (χ0n) is 5.68. The van der Waals surface area contributed by atoms with Gasteiger partial charge in [0, 0.05) is 15.8 Å². The van der Waals surface area contributed by atoms with Crippen LogP contribution in [0.2, 0.25) is 0 Å². The Bertz CT molecular complexity index is 185. The van der Waals surface area contributed by atoms with Crippen molar-refractivity contribution in [1.82, 2.24) is 0 Å². The number of hydrogen-bond donors (Lipinski definition) is 1. The maximum absolute atomic E-state index is 5.40. The molecule has 0 spiro atoms. The van der Waals surface area contributed by atoms with Crippen LogP contribution in [0, 0.1) is 0 Å². The zero-order chi connectivity index (χ0) is 6.69. The van der Waals surface area contributed by atoms with Crippen molar-refractivity contribution in [3.8, 4) is 0 Å². The van der Waals surface area contributed by atoms with Crippen LogP contribution in [0.3, 0.4) is 0 Å². The van der Waals surface area contributed by atoms with E-state index in [1.165, 1.54) is 10.9 Å². The van der Waals surface area contributed by atoms with Gasteiger partial charge in [-0.25, -0.2) is 0 Å². The summed E-state index contributed by atoms with van der Waals surface area (Å²) in [5, 5.41) is 1.31. The van der Waals surface area contributed by atoms with Crippen LogP contribution >= 0.6 is 9.24 Å². The fraction of sp³-hybridized carbons (Fsp3) is 0.143. The molecule has 1 atom stereocenters. The van der Waals surface area contributed by atoms with Gasteiger partial charge in [0.1, 0.15) is 0 Å². The van der Waals surface area contributed by atoms with Crippen molar-refractivity contribution in [3.63, 3.8) is 0 Å². The molecule has 0 heterocycles. The van der Waals surface area contributed by atoms with Gasteiger partial charge in [-0.2, -0.15) is 0 Å². The molecule has 1 unspecified atom stereocenters. The van der Waals surface area contributed by atoms with E-state index in [0.29, 0.717) is 6.54 Å². The average molecular weight is 220 g/mol. The summed E-state index contributed by atoms with van der Waals surface area (Å²) in [7, 11) is 1.88. The standard InChI is InChI=1S/C7H10NP.BrH/c8-5-6-1-3-7(9)4-2-6;/h1-4H,5,8-9H2;1H. The minimum Gasteiger partial charge on any atom is -1.00 e. The van der Waals surface area contributed by atoms with E-state index in [0.717, 1.165) is 0 Å². The molecule has 0 aliphatic carbocycles. The van der Waals surface area contributed by atoms with Crippen LogP contribution in [0.1, 0.15) is 5.56 Å². The normalized spacial score (nSPS) is 8.90. The van der Waals surface area contributed by atoms with E-state index in [1.807, 2.05) is 9.24 Å². The molecule has 56 valence electrons. The fourth-order valence-corrected chi connectivity index (χ4v) is 0.911. The first-order valence-corrected chi connectivity index (χ1v) is 3.64. The van der Waals surface area contributed by atoms with Crippen LogP contribution in [0.25, 0.3) is 0 Å². The Kier molecular flexibility index (Phi) is 4.88. The third-order valence-electron chi connectivity index (χ3n) is 1.26. The van der Waals surface area contributed by atoms with Crippen LogP contribution < -0.4 is 28.0 Å². The topological polar surface area (TPSA) is 26.0 Å². The molecule has 0 saturated heterocycles. The van der Waals surface area contributed by atoms with Gasteiger partial charge in [-0.1, -0.05) is 12.1 Å². The molecule has 1 rings (SSSR count). The van der Waals surface area contributed by atoms with Crippen molar-refractivity contribution in [2.24, 2.45) is 5.73 Å². The Morgan fingerprint density at radius 3 is 2.10 bits per heavy atom. The predicted molar refractivity (Wildman–Crippen MR) is 45.1 cm³/mol. The fourth-order valence-electron chi connectivity index (χ4n) is 0.675. The van der Waals surface area contributed by atoms with Crippen LogP contribution in [0.4, 0.5) is 0 Å². The van der Waals surface area contributed by atoms with Crippen molar-refractivity contribution in [1.29, 1.82) is 0 Å². The lowest BCUT2D eigenvalue weighted by atomic mass is 10.2.